The highest BCUT2D eigenvalue weighted by Gasteiger charge is 2.30. The second kappa shape index (κ2) is 13.5. The minimum atomic E-state index is -0.653. The molecule has 2 amide bonds. The first-order valence-corrected chi connectivity index (χ1v) is 12.4. The standard InChI is InChI=1S/C29H33ClN2O3/c1-3-4-17-31-29(34)27(19-22-9-6-5-7-10-22)32(21-24-11-8-12-26(18-24)35-2)28(33)20-23-13-15-25(30)16-14-23/h5-16,18,27H,3-4,17,19-21H2,1-2H3,(H,31,34)/t27-/m1/s1. The van der Waals surface area contributed by atoms with Gasteiger partial charge in [0, 0.05) is 24.5 Å². The first-order valence-electron chi connectivity index (χ1n) is 12.0. The van der Waals surface area contributed by atoms with Crippen molar-refractivity contribution < 1.29 is 14.3 Å². The van der Waals surface area contributed by atoms with E-state index in [2.05, 4.69) is 12.2 Å². The lowest BCUT2D eigenvalue weighted by Crippen LogP contribution is -2.51. The van der Waals surface area contributed by atoms with Gasteiger partial charge < -0.3 is 15.0 Å². The monoisotopic (exact) mass is 492 g/mol. The van der Waals surface area contributed by atoms with Gasteiger partial charge in [0.1, 0.15) is 11.8 Å². The summed E-state index contributed by atoms with van der Waals surface area (Å²) < 4.78 is 5.38. The van der Waals surface area contributed by atoms with Crippen LogP contribution in [-0.2, 0) is 29.0 Å². The smallest absolute Gasteiger partial charge is 0.243 e. The summed E-state index contributed by atoms with van der Waals surface area (Å²) in [6, 6.07) is 24.0. The van der Waals surface area contributed by atoms with Crippen LogP contribution in [0.3, 0.4) is 0 Å². The van der Waals surface area contributed by atoms with Crippen molar-refractivity contribution in [2.75, 3.05) is 13.7 Å². The number of amides is 2. The van der Waals surface area contributed by atoms with Crippen molar-refractivity contribution in [2.45, 2.75) is 45.2 Å². The lowest BCUT2D eigenvalue weighted by molar-refractivity contribution is -0.140. The molecule has 5 nitrogen and oxygen atoms in total. The molecule has 0 aromatic heterocycles. The Morgan fingerprint density at radius 1 is 0.943 bits per heavy atom. The Labute approximate surface area is 213 Å². The summed E-state index contributed by atoms with van der Waals surface area (Å²) in [6.45, 7) is 2.96. The predicted molar refractivity (Wildman–Crippen MR) is 141 cm³/mol. The molecule has 0 aliphatic rings. The van der Waals surface area contributed by atoms with Crippen molar-refractivity contribution in [3.05, 3.63) is 101 Å². The average Bonchev–Trinajstić information content (AvgIpc) is 2.88. The van der Waals surface area contributed by atoms with Crippen LogP contribution in [0.2, 0.25) is 5.02 Å². The Balaban J connectivity index is 1.94. The summed E-state index contributed by atoms with van der Waals surface area (Å²) >= 11 is 6.03. The van der Waals surface area contributed by atoms with Crippen molar-refractivity contribution in [3.8, 4) is 5.75 Å². The van der Waals surface area contributed by atoms with Gasteiger partial charge in [-0.2, -0.15) is 0 Å². The molecule has 6 heteroatoms. The van der Waals surface area contributed by atoms with E-state index >= 15 is 0 Å². The number of rotatable bonds is 12. The third-order valence-electron chi connectivity index (χ3n) is 5.86. The summed E-state index contributed by atoms with van der Waals surface area (Å²) in [7, 11) is 1.61. The molecular weight excluding hydrogens is 460 g/mol. The van der Waals surface area contributed by atoms with Gasteiger partial charge in [0.25, 0.3) is 0 Å². The molecule has 3 aromatic carbocycles. The second-order valence-electron chi connectivity index (χ2n) is 8.53. The molecule has 3 aromatic rings. The van der Waals surface area contributed by atoms with E-state index in [0.29, 0.717) is 30.3 Å². The molecule has 0 saturated carbocycles. The Hall–Kier alpha value is -3.31. The number of nitrogens with zero attached hydrogens (tertiary/aromatic N) is 1. The van der Waals surface area contributed by atoms with E-state index < -0.39 is 6.04 Å². The maximum absolute atomic E-state index is 13.7. The maximum atomic E-state index is 13.7. The number of halogens is 1. The first kappa shape index (κ1) is 26.3. The Kier molecular flexibility index (Phi) is 10.2. The summed E-state index contributed by atoms with van der Waals surface area (Å²) in [6.07, 6.45) is 2.47. The lowest BCUT2D eigenvalue weighted by atomic mass is 10.0. The minimum Gasteiger partial charge on any atom is -0.497 e. The number of methoxy groups -OCH3 is 1. The molecular formula is C29H33ClN2O3. The van der Waals surface area contributed by atoms with Gasteiger partial charge in [-0.15, -0.1) is 0 Å². The number of carbonyl (C=O) groups excluding carboxylic acids is 2. The zero-order valence-electron chi connectivity index (χ0n) is 20.4. The zero-order valence-corrected chi connectivity index (χ0v) is 21.1. The van der Waals surface area contributed by atoms with Crippen molar-refractivity contribution in [1.29, 1.82) is 0 Å². The van der Waals surface area contributed by atoms with Gasteiger partial charge >= 0.3 is 0 Å². The Morgan fingerprint density at radius 3 is 2.34 bits per heavy atom. The third-order valence-corrected chi connectivity index (χ3v) is 6.11. The van der Waals surface area contributed by atoms with E-state index in [4.69, 9.17) is 16.3 Å². The summed E-state index contributed by atoms with van der Waals surface area (Å²) in [4.78, 5) is 28.8. The molecule has 0 fully saturated rings. The van der Waals surface area contributed by atoms with Crippen molar-refractivity contribution in [3.63, 3.8) is 0 Å². The van der Waals surface area contributed by atoms with Crippen LogP contribution in [0.4, 0.5) is 0 Å². The molecule has 0 unspecified atom stereocenters. The van der Waals surface area contributed by atoms with E-state index in [9.17, 15) is 9.59 Å². The average molecular weight is 493 g/mol. The number of hydrogen-bond acceptors (Lipinski definition) is 3. The highest BCUT2D eigenvalue weighted by atomic mass is 35.5. The number of benzene rings is 3. The van der Waals surface area contributed by atoms with E-state index in [1.807, 2.05) is 66.7 Å². The fourth-order valence-corrected chi connectivity index (χ4v) is 4.03. The van der Waals surface area contributed by atoms with Gasteiger partial charge in [-0.3, -0.25) is 9.59 Å². The van der Waals surface area contributed by atoms with Gasteiger partial charge in [0.2, 0.25) is 11.8 Å². The Morgan fingerprint density at radius 2 is 1.66 bits per heavy atom. The molecule has 0 aliphatic heterocycles. The van der Waals surface area contributed by atoms with E-state index in [1.54, 1.807) is 24.1 Å². The fraction of sp³-hybridized carbons (Fsp3) is 0.310. The molecule has 1 atom stereocenters. The highest BCUT2D eigenvalue weighted by Crippen LogP contribution is 2.20. The van der Waals surface area contributed by atoms with Gasteiger partial charge in [-0.25, -0.2) is 0 Å². The van der Waals surface area contributed by atoms with Gasteiger partial charge in [-0.05, 0) is 47.4 Å². The van der Waals surface area contributed by atoms with Crippen LogP contribution >= 0.6 is 11.6 Å². The normalized spacial score (nSPS) is 11.5. The first-order chi connectivity index (χ1) is 17.0. The van der Waals surface area contributed by atoms with Gasteiger partial charge in [0.05, 0.1) is 13.5 Å². The molecule has 0 spiro atoms. The predicted octanol–water partition coefficient (Wildman–Crippen LogP) is 5.45. The molecule has 0 saturated heterocycles. The molecule has 3 rings (SSSR count). The number of carbonyl (C=O) groups is 2. The summed E-state index contributed by atoms with van der Waals surface area (Å²) in [5.74, 6) is 0.441. The van der Waals surface area contributed by atoms with Crippen molar-refractivity contribution >= 4 is 23.4 Å². The molecule has 0 radical (unpaired) electrons. The van der Waals surface area contributed by atoms with Crippen molar-refractivity contribution in [1.82, 2.24) is 10.2 Å². The topological polar surface area (TPSA) is 58.6 Å². The molecule has 1 N–H and O–H groups in total. The number of hydrogen-bond donors (Lipinski definition) is 1. The second-order valence-corrected chi connectivity index (χ2v) is 8.96. The molecule has 0 heterocycles. The van der Waals surface area contributed by atoms with Crippen LogP contribution in [0.5, 0.6) is 5.75 Å². The van der Waals surface area contributed by atoms with Crippen LogP contribution in [-0.4, -0.2) is 36.4 Å². The van der Waals surface area contributed by atoms with E-state index in [-0.39, 0.29) is 18.2 Å². The van der Waals surface area contributed by atoms with Crippen LogP contribution in [0, 0.1) is 0 Å². The summed E-state index contributed by atoms with van der Waals surface area (Å²) in [5, 5.41) is 3.66. The third kappa shape index (κ3) is 8.15. The van der Waals surface area contributed by atoms with Crippen LogP contribution in [0.1, 0.15) is 36.5 Å². The van der Waals surface area contributed by atoms with Crippen molar-refractivity contribution in [2.24, 2.45) is 0 Å². The summed E-state index contributed by atoms with van der Waals surface area (Å²) in [5.41, 5.74) is 2.74. The minimum absolute atomic E-state index is 0.123. The lowest BCUT2D eigenvalue weighted by Gasteiger charge is -2.32. The quantitative estimate of drug-likeness (QED) is 0.342. The molecule has 35 heavy (non-hydrogen) atoms. The molecule has 0 aliphatic carbocycles. The largest absolute Gasteiger partial charge is 0.497 e. The zero-order chi connectivity index (χ0) is 25.0. The van der Waals surface area contributed by atoms with Gasteiger partial charge in [-0.1, -0.05) is 79.5 Å². The fourth-order valence-electron chi connectivity index (χ4n) is 3.91. The SMILES string of the molecule is CCCCNC(=O)[C@@H](Cc1ccccc1)N(Cc1cccc(OC)c1)C(=O)Cc1ccc(Cl)cc1. The number of unbranched alkanes of at least 4 members (excludes halogenated alkanes) is 1. The van der Waals surface area contributed by atoms with Crippen LogP contribution in [0.25, 0.3) is 0 Å². The van der Waals surface area contributed by atoms with Crippen LogP contribution < -0.4 is 10.1 Å². The van der Waals surface area contributed by atoms with Gasteiger partial charge in [0.15, 0.2) is 0 Å². The highest BCUT2D eigenvalue weighted by molar-refractivity contribution is 6.30. The van der Waals surface area contributed by atoms with Crippen LogP contribution in [0.15, 0.2) is 78.9 Å². The Bertz CT molecular complexity index is 1090. The van der Waals surface area contributed by atoms with E-state index in [0.717, 1.165) is 29.5 Å². The molecule has 0 bridgehead atoms. The maximum Gasteiger partial charge on any atom is 0.243 e. The molecule has 184 valence electrons. The number of ether oxygens (including phenoxy) is 1. The van der Waals surface area contributed by atoms with E-state index in [1.165, 1.54) is 0 Å². The number of nitrogens with one attached hydrogen (secondary N) is 1.